The Balaban J connectivity index is 5.19. The molecule has 0 heterocycles. The normalized spacial score (nSPS) is 14.1. The average molecular weight is 1330 g/mol. The molecule has 534 valence electrons. The third kappa shape index (κ3) is 64.8. The molecule has 0 amide bonds. The summed E-state index contributed by atoms with van der Waals surface area (Å²) in [6, 6.07) is 0. The number of carbonyl (C=O) groups excluding carboxylic acids is 4. The van der Waals surface area contributed by atoms with Gasteiger partial charge in [-0.15, -0.1) is 0 Å². The second-order valence-electron chi connectivity index (χ2n) is 26.1. The number of phosphoric ester groups is 2. The number of hydrogen-bond acceptors (Lipinski definition) is 15. The molecule has 5 atom stereocenters. The maximum absolute atomic E-state index is 13.0. The summed E-state index contributed by atoms with van der Waals surface area (Å²) >= 11 is 0. The lowest BCUT2D eigenvalue weighted by atomic mass is 10.0. The minimum Gasteiger partial charge on any atom is -0.462 e. The number of ether oxygens (including phenoxy) is 4. The van der Waals surface area contributed by atoms with Gasteiger partial charge >= 0.3 is 39.5 Å². The highest BCUT2D eigenvalue weighted by atomic mass is 31.2. The third-order valence-corrected chi connectivity index (χ3v) is 18.4. The molecule has 0 spiro atoms. The molecule has 0 saturated heterocycles. The van der Waals surface area contributed by atoms with Crippen LogP contribution in [0.3, 0.4) is 0 Å². The molecule has 2 unspecified atom stereocenters. The minimum absolute atomic E-state index is 0.107. The summed E-state index contributed by atoms with van der Waals surface area (Å²) in [5.74, 6) is -1.31. The quantitative estimate of drug-likeness (QED) is 0.0222. The first-order valence-corrected chi connectivity index (χ1v) is 40.1. The van der Waals surface area contributed by atoms with Crippen LogP contribution in [0.1, 0.15) is 369 Å². The summed E-state index contributed by atoms with van der Waals surface area (Å²) < 4.78 is 68.2. The maximum Gasteiger partial charge on any atom is 0.472 e. The standard InChI is InChI=1S/C71H138O17P2/c1-6-9-12-15-18-21-23-31-36-40-45-50-55-69(74)82-61-67(88-71(76)57-52-47-42-37-32-29-27-25-24-26-28-30-34-38-43-48-53-64(4)5)63-86-90(79,80)84-59-65(72)58-83-89(77,78)85-62-66(60-81-68(73)54-49-44-39-33-20-17-14-11-8-3)87-70(75)56-51-46-41-35-22-19-16-13-10-7-2/h64-67,72H,6-63H2,1-5H3,(H,77,78)(H,79,80)/t65-,66+,67+/m0/s1. The maximum atomic E-state index is 13.0. The van der Waals surface area contributed by atoms with Gasteiger partial charge < -0.3 is 33.8 Å². The van der Waals surface area contributed by atoms with Crippen molar-refractivity contribution >= 4 is 39.5 Å². The van der Waals surface area contributed by atoms with Crippen LogP contribution in [0.15, 0.2) is 0 Å². The third-order valence-electron chi connectivity index (χ3n) is 16.5. The fraction of sp³-hybridized carbons (Fsp3) is 0.944. The Morgan fingerprint density at radius 2 is 0.511 bits per heavy atom. The van der Waals surface area contributed by atoms with E-state index in [9.17, 15) is 43.2 Å². The van der Waals surface area contributed by atoms with Crippen LogP contribution in [0.25, 0.3) is 0 Å². The molecule has 0 aromatic rings. The van der Waals surface area contributed by atoms with E-state index in [2.05, 4.69) is 34.6 Å². The van der Waals surface area contributed by atoms with Gasteiger partial charge in [0.25, 0.3) is 0 Å². The van der Waals surface area contributed by atoms with Gasteiger partial charge in [0.1, 0.15) is 19.3 Å². The Bertz CT molecular complexity index is 1740. The van der Waals surface area contributed by atoms with E-state index in [4.69, 9.17) is 37.0 Å². The van der Waals surface area contributed by atoms with Crippen molar-refractivity contribution in [3.05, 3.63) is 0 Å². The van der Waals surface area contributed by atoms with E-state index in [1.807, 2.05) is 0 Å². The van der Waals surface area contributed by atoms with Gasteiger partial charge in [-0.2, -0.15) is 0 Å². The molecule has 90 heavy (non-hydrogen) atoms. The van der Waals surface area contributed by atoms with Crippen molar-refractivity contribution in [3.63, 3.8) is 0 Å². The van der Waals surface area contributed by atoms with Crippen LogP contribution in [0.2, 0.25) is 0 Å². The number of aliphatic hydroxyl groups excluding tert-OH is 1. The second kappa shape index (κ2) is 64.4. The largest absolute Gasteiger partial charge is 0.472 e. The van der Waals surface area contributed by atoms with Gasteiger partial charge in [0, 0.05) is 25.7 Å². The fourth-order valence-electron chi connectivity index (χ4n) is 10.8. The smallest absolute Gasteiger partial charge is 0.462 e. The van der Waals surface area contributed by atoms with Gasteiger partial charge in [0.05, 0.1) is 26.4 Å². The van der Waals surface area contributed by atoms with Crippen molar-refractivity contribution in [2.45, 2.75) is 387 Å². The zero-order valence-corrected chi connectivity index (χ0v) is 60.1. The Hall–Kier alpha value is -1.94. The molecular formula is C71H138O17P2. The Kier molecular flexibility index (Phi) is 63.0. The highest BCUT2D eigenvalue weighted by molar-refractivity contribution is 7.47. The van der Waals surface area contributed by atoms with Crippen LogP contribution in [-0.2, 0) is 65.4 Å². The van der Waals surface area contributed by atoms with Crippen molar-refractivity contribution in [1.82, 2.24) is 0 Å². The molecule has 0 aliphatic carbocycles. The van der Waals surface area contributed by atoms with Crippen molar-refractivity contribution in [2.75, 3.05) is 39.6 Å². The van der Waals surface area contributed by atoms with Crippen LogP contribution in [0.4, 0.5) is 0 Å². The predicted octanol–water partition coefficient (Wildman–Crippen LogP) is 20.5. The number of aliphatic hydroxyl groups is 1. The number of esters is 4. The topological polar surface area (TPSA) is 237 Å². The Labute approximate surface area is 549 Å². The molecule has 3 N–H and O–H groups in total. The number of hydrogen-bond donors (Lipinski definition) is 3. The van der Waals surface area contributed by atoms with Crippen LogP contribution in [-0.4, -0.2) is 96.7 Å². The summed E-state index contributed by atoms with van der Waals surface area (Å²) in [6.45, 7) is 7.26. The van der Waals surface area contributed by atoms with E-state index in [1.165, 1.54) is 193 Å². The van der Waals surface area contributed by atoms with Crippen LogP contribution in [0.5, 0.6) is 0 Å². The van der Waals surface area contributed by atoms with Crippen molar-refractivity contribution < 1.29 is 80.2 Å². The summed E-state index contributed by atoms with van der Waals surface area (Å²) in [4.78, 5) is 72.5. The molecule has 0 radical (unpaired) electrons. The molecule has 0 fully saturated rings. The molecule has 17 nitrogen and oxygen atoms in total. The lowest BCUT2D eigenvalue weighted by Crippen LogP contribution is -2.30. The zero-order valence-electron chi connectivity index (χ0n) is 58.3. The van der Waals surface area contributed by atoms with Gasteiger partial charge in [0.15, 0.2) is 12.2 Å². The van der Waals surface area contributed by atoms with Crippen molar-refractivity contribution in [2.24, 2.45) is 5.92 Å². The highest BCUT2D eigenvalue weighted by Gasteiger charge is 2.30. The van der Waals surface area contributed by atoms with Crippen molar-refractivity contribution in [1.29, 1.82) is 0 Å². The first kappa shape index (κ1) is 88.1. The van der Waals surface area contributed by atoms with Crippen LogP contribution >= 0.6 is 15.6 Å². The first-order chi connectivity index (χ1) is 43.5. The second-order valence-corrected chi connectivity index (χ2v) is 29.0. The van der Waals surface area contributed by atoms with E-state index in [1.54, 1.807) is 0 Å². The molecule has 0 saturated carbocycles. The summed E-state index contributed by atoms with van der Waals surface area (Å²) in [6.07, 6.45) is 51.3. The van der Waals surface area contributed by atoms with E-state index >= 15 is 0 Å². The van der Waals surface area contributed by atoms with E-state index < -0.39 is 97.5 Å². The van der Waals surface area contributed by atoms with Gasteiger partial charge in [-0.3, -0.25) is 37.3 Å². The average Bonchev–Trinajstić information content (AvgIpc) is 2.93. The van der Waals surface area contributed by atoms with Crippen LogP contribution in [0, 0.1) is 5.92 Å². The SMILES string of the molecule is CCCCCCCCCCCCCCC(=O)OC[C@H](COP(=O)(O)OC[C@@H](O)COP(=O)(O)OC[C@@H](COC(=O)CCCCCCCCCCC)OC(=O)CCCCCCCCCCCC)OC(=O)CCCCCCCCCCCCCCCCCCC(C)C. The number of carbonyl (C=O) groups is 4. The minimum atomic E-state index is -4.95. The summed E-state index contributed by atoms with van der Waals surface area (Å²) in [5, 5.41) is 10.6. The Morgan fingerprint density at radius 1 is 0.300 bits per heavy atom. The van der Waals surface area contributed by atoms with Gasteiger partial charge in [-0.05, 0) is 31.6 Å². The lowest BCUT2D eigenvalue weighted by molar-refractivity contribution is -0.161. The van der Waals surface area contributed by atoms with Gasteiger partial charge in [-0.1, -0.05) is 317 Å². The van der Waals surface area contributed by atoms with E-state index in [0.29, 0.717) is 25.7 Å². The molecule has 0 rings (SSSR count). The number of unbranched alkanes of at least 4 members (excludes halogenated alkanes) is 43. The predicted molar refractivity (Wildman–Crippen MR) is 363 cm³/mol. The molecule has 0 aromatic heterocycles. The van der Waals surface area contributed by atoms with E-state index in [-0.39, 0.29) is 25.7 Å². The molecule has 0 aliphatic heterocycles. The Morgan fingerprint density at radius 3 is 0.756 bits per heavy atom. The van der Waals surface area contributed by atoms with Crippen LogP contribution < -0.4 is 0 Å². The summed E-state index contributed by atoms with van der Waals surface area (Å²) in [5.41, 5.74) is 0. The number of rotatable bonds is 71. The monoisotopic (exact) mass is 1320 g/mol. The molecule has 0 aromatic carbocycles. The number of phosphoric acid groups is 2. The zero-order chi connectivity index (χ0) is 66.3. The molecule has 19 heteroatoms. The lowest BCUT2D eigenvalue weighted by Gasteiger charge is -2.21. The first-order valence-electron chi connectivity index (χ1n) is 37.1. The van der Waals surface area contributed by atoms with E-state index in [0.717, 1.165) is 95.8 Å². The van der Waals surface area contributed by atoms with Gasteiger partial charge in [-0.25, -0.2) is 9.13 Å². The van der Waals surface area contributed by atoms with Crippen molar-refractivity contribution in [3.8, 4) is 0 Å². The molecular weight excluding hydrogens is 1190 g/mol. The highest BCUT2D eigenvalue weighted by Crippen LogP contribution is 2.45. The molecule has 0 bridgehead atoms. The fourth-order valence-corrected chi connectivity index (χ4v) is 12.4. The summed E-state index contributed by atoms with van der Waals surface area (Å²) in [7, 11) is -9.89. The molecule has 0 aliphatic rings. The van der Waals surface area contributed by atoms with Gasteiger partial charge in [0.2, 0.25) is 0 Å².